The standard InChI is InChI=1S/C10H15N3O/c1-2-9-12-8(5-10(14)13-9)6-11-7-3-4-7/h5,7,11H,2-4,6H2,1H3,(H,12,13,14). The minimum absolute atomic E-state index is 0.0514. The van der Waals surface area contributed by atoms with Gasteiger partial charge >= 0.3 is 0 Å². The number of hydrogen-bond donors (Lipinski definition) is 2. The number of aryl methyl sites for hydroxylation is 1. The normalized spacial score (nSPS) is 15.8. The predicted octanol–water partition coefficient (Wildman–Crippen LogP) is 0.584. The van der Waals surface area contributed by atoms with E-state index >= 15 is 0 Å². The second kappa shape index (κ2) is 3.92. The summed E-state index contributed by atoms with van der Waals surface area (Å²) in [7, 11) is 0. The lowest BCUT2D eigenvalue weighted by Gasteiger charge is -2.03. The molecule has 0 amide bonds. The van der Waals surface area contributed by atoms with Crippen LogP contribution in [0.1, 0.15) is 31.3 Å². The first-order valence-corrected chi connectivity index (χ1v) is 5.10. The van der Waals surface area contributed by atoms with Crippen LogP contribution in [0.2, 0.25) is 0 Å². The molecule has 0 atom stereocenters. The molecule has 1 fully saturated rings. The van der Waals surface area contributed by atoms with Gasteiger partial charge in [0.15, 0.2) is 0 Å². The van der Waals surface area contributed by atoms with Crippen molar-refractivity contribution >= 4 is 0 Å². The van der Waals surface area contributed by atoms with E-state index in [-0.39, 0.29) is 5.56 Å². The van der Waals surface area contributed by atoms with E-state index in [1.165, 1.54) is 12.8 Å². The summed E-state index contributed by atoms with van der Waals surface area (Å²) in [6, 6.07) is 2.22. The molecular weight excluding hydrogens is 178 g/mol. The first kappa shape index (κ1) is 9.40. The van der Waals surface area contributed by atoms with Gasteiger partial charge in [-0.1, -0.05) is 6.92 Å². The van der Waals surface area contributed by atoms with Gasteiger partial charge < -0.3 is 10.3 Å². The Morgan fingerprint density at radius 2 is 2.43 bits per heavy atom. The van der Waals surface area contributed by atoms with E-state index in [2.05, 4.69) is 15.3 Å². The van der Waals surface area contributed by atoms with E-state index < -0.39 is 0 Å². The van der Waals surface area contributed by atoms with Gasteiger partial charge in [-0.2, -0.15) is 0 Å². The molecule has 4 nitrogen and oxygen atoms in total. The van der Waals surface area contributed by atoms with Crippen LogP contribution < -0.4 is 10.9 Å². The Kier molecular flexibility index (Phi) is 2.63. The second-order valence-corrected chi connectivity index (χ2v) is 3.69. The van der Waals surface area contributed by atoms with Crippen LogP contribution in [0, 0.1) is 0 Å². The first-order valence-electron chi connectivity index (χ1n) is 5.10. The third kappa shape index (κ3) is 2.42. The molecule has 0 saturated heterocycles. The smallest absolute Gasteiger partial charge is 0.251 e. The van der Waals surface area contributed by atoms with E-state index in [0.717, 1.165) is 17.9 Å². The SMILES string of the molecule is CCc1nc(CNC2CC2)cc(=O)[nH]1. The zero-order valence-electron chi connectivity index (χ0n) is 8.34. The fourth-order valence-electron chi connectivity index (χ4n) is 1.36. The third-order valence-electron chi connectivity index (χ3n) is 2.33. The molecule has 2 N–H and O–H groups in total. The fraction of sp³-hybridized carbons (Fsp3) is 0.600. The highest BCUT2D eigenvalue weighted by atomic mass is 16.1. The maximum Gasteiger partial charge on any atom is 0.251 e. The molecule has 76 valence electrons. The summed E-state index contributed by atoms with van der Waals surface area (Å²) in [6.45, 7) is 2.69. The van der Waals surface area contributed by atoms with Crippen molar-refractivity contribution in [2.45, 2.75) is 38.8 Å². The summed E-state index contributed by atoms with van der Waals surface area (Å²) in [6.07, 6.45) is 3.28. The lowest BCUT2D eigenvalue weighted by atomic mass is 10.3. The lowest BCUT2D eigenvalue weighted by molar-refractivity contribution is 0.666. The molecule has 14 heavy (non-hydrogen) atoms. The van der Waals surface area contributed by atoms with Gasteiger partial charge in [-0.3, -0.25) is 4.79 Å². The molecule has 1 saturated carbocycles. The van der Waals surface area contributed by atoms with Crippen molar-refractivity contribution in [3.05, 3.63) is 27.9 Å². The van der Waals surface area contributed by atoms with E-state index in [1.807, 2.05) is 6.92 Å². The second-order valence-electron chi connectivity index (χ2n) is 3.69. The average molecular weight is 193 g/mol. The summed E-state index contributed by atoms with van der Waals surface area (Å²) in [5.74, 6) is 0.769. The Labute approximate surface area is 82.8 Å². The Morgan fingerprint density at radius 1 is 1.64 bits per heavy atom. The molecule has 4 heteroatoms. The summed E-state index contributed by atoms with van der Waals surface area (Å²) in [5, 5.41) is 3.34. The summed E-state index contributed by atoms with van der Waals surface area (Å²) < 4.78 is 0. The van der Waals surface area contributed by atoms with Crippen LogP contribution >= 0.6 is 0 Å². The van der Waals surface area contributed by atoms with Crippen molar-refractivity contribution in [2.75, 3.05) is 0 Å². The number of rotatable bonds is 4. The molecule has 0 radical (unpaired) electrons. The van der Waals surface area contributed by atoms with Gasteiger partial charge in [-0.25, -0.2) is 4.98 Å². The highest BCUT2D eigenvalue weighted by Crippen LogP contribution is 2.18. The minimum atomic E-state index is -0.0514. The number of H-pyrrole nitrogens is 1. The first-order chi connectivity index (χ1) is 6.78. The molecule has 0 spiro atoms. The number of aromatic amines is 1. The van der Waals surface area contributed by atoms with E-state index in [4.69, 9.17) is 0 Å². The highest BCUT2D eigenvalue weighted by Gasteiger charge is 2.20. The van der Waals surface area contributed by atoms with E-state index in [1.54, 1.807) is 6.07 Å². The third-order valence-corrected chi connectivity index (χ3v) is 2.33. The molecule has 1 aromatic rings. The summed E-state index contributed by atoms with van der Waals surface area (Å²) in [5.41, 5.74) is 0.793. The Hall–Kier alpha value is -1.16. The topological polar surface area (TPSA) is 57.8 Å². The maximum atomic E-state index is 11.2. The molecule has 0 unspecified atom stereocenters. The van der Waals surface area contributed by atoms with Gasteiger partial charge in [0, 0.05) is 25.1 Å². The zero-order valence-corrected chi connectivity index (χ0v) is 8.34. The Balaban J connectivity index is 2.06. The van der Waals surface area contributed by atoms with Gasteiger partial charge in [-0.05, 0) is 12.8 Å². The van der Waals surface area contributed by atoms with Crippen LogP contribution in [-0.2, 0) is 13.0 Å². The molecule has 1 heterocycles. The van der Waals surface area contributed by atoms with Gasteiger partial charge in [0.1, 0.15) is 5.82 Å². The molecule has 1 aliphatic rings. The van der Waals surface area contributed by atoms with Crippen LogP contribution in [0.5, 0.6) is 0 Å². The monoisotopic (exact) mass is 193 g/mol. The Morgan fingerprint density at radius 3 is 3.07 bits per heavy atom. The molecule has 2 rings (SSSR count). The van der Waals surface area contributed by atoms with Crippen molar-refractivity contribution < 1.29 is 0 Å². The maximum absolute atomic E-state index is 11.2. The minimum Gasteiger partial charge on any atom is -0.311 e. The molecule has 1 aliphatic carbocycles. The van der Waals surface area contributed by atoms with Crippen LogP contribution in [-0.4, -0.2) is 16.0 Å². The van der Waals surface area contributed by atoms with Crippen LogP contribution in [0.15, 0.2) is 10.9 Å². The fourth-order valence-corrected chi connectivity index (χ4v) is 1.36. The molecule has 0 aliphatic heterocycles. The lowest BCUT2D eigenvalue weighted by Crippen LogP contribution is -2.20. The van der Waals surface area contributed by atoms with Crippen molar-refractivity contribution in [3.63, 3.8) is 0 Å². The van der Waals surface area contributed by atoms with Crippen molar-refractivity contribution in [3.8, 4) is 0 Å². The highest BCUT2D eigenvalue weighted by molar-refractivity contribution is 5.03. The van der Waals surface area contributed by atoms with Gasteiger partial charge in [0.25, 0.3) is 5.56 Å². The molecule has 0 bridgehead atoms. The predicted molar refractivity (Wildman–Crippen MR) is 54.1 cm³/mol. The largest absolute Gasteiger partial charge is 0.311 e. The summed E-state index contributed by atoms with van der Waals surface area (Å²) >= 11 is 0. The number of hydrogen-bond acceptors (Lipinski definition) is 3. The van der Waals surface area contributed by atoms with Gasteiger partial charge in [-0.15, -0.1) is 0 Å². The molecule has 0 aromatic carbocycles. The van der Waals surface area contributed by atoms with Gasteiger partial charge in [0.05, 0.1) is 5.69 Å². The van der Waals surface area contributed by atoms with Crippen LogP contribution in [0.3, 0.4) is 0 Å². The number of nitrogens with zero attached hydrogens (tertiary/aromatic N) is 1. The van der Waals surface area contributed by atoms with Crippen LogP contribution in [0.25, 0.3) is 0 Å². The van der Waals surface area contributed by atoms with E-state index in [9.17, 15) is 4.79 Å². The van der Waals surface area contributed by atoms with Crippen LogP contribution in [0.4, 0.5) is 0 Å². The number of nitrogens with one attached hydrogen (secondary N) is 2. The molecular formula is C10H15N3O. The molecule has 1 aromatic heterocycles. The van der Waals surface area contributed by atoms with Gasteiger partial charge in [0.2, 0.25) is 0 Å². The number of aromatic nitrogens is 2. The zero-order chi connectivity index (χ0) is 9.97. The average Bonchev–Trinajstić information content (AvgIpc) is 2.97. The van der Waals surface area contributed by atoms with Crippen molar-refractivity contribution in [1.82, 2.24) is 15.3 Å². The summed E-state index contributed by atoms with van der Waals surface area (Å²) in [4.78, 5) is 18.2. The van der Waals surface area contributed by atoms with Crippen molar-refractivity contribution in [1.29, 1.82) is 0 Å². The Bertz CT molecular complexity index is 368. The quantitative estimate of drug-likeness (QED) is 0.735. The van der Waals surface area contributed by atoms with Crippen molar-refractivity contribution in [2.24, 2.45) is 0 Å². The van der Waals surface area contributed by atoms with E-state index in [0.29, 0.717) is 12.6 Å².